The van der Waals surface area contributed by atoms with Crippen molar-refractivity contribution in [2.24, 2.45) is 5.10 Å². The molecule has 2 fully saturated rings. The molecule has 2 rings (SSSR count). The summed E-state index contributed by atoms with van der Waals surface area (Å²) < 4.78 is 0. The minimum absolute atomic E-state index is 0.0359. The smallest absolute Gasteiger partial charge is 0.0829 e. The lowest BCUT2D eigenvalue weighted by Gasteiger charge is -2.14. The van der Waals surface area contributed by atoms with E-state index in [1.165, 1.54) is 63.3 Å². The largest absolute Gasteiger partial charge is 0.393 e. The van der Waals surface area contributed by atoms with Crippen molar-refractivity contribution in [1.29, 1.82) is 0 Å². The molecule has 0 bridgehead atoms. The minimum Gasteiger partial charge on any atom is -0.393 e. The summed E-state index contributed by atoms with van der Waals surface area (Å²) in [5.74, 6) is 0. The molecule has 0 aliphatic heterocycles. The molecule has 0 heterocycles. The second-order valence-electron chi connectivity index (χ2n) is 5.05. The molecule has 3 nitrogen and oxygen atoms in total. The Labute approximate surface area is 123 Å². The van der Waals surface area contributed by atoms with Crippen LogP contribution in [0.2, 0.25) is 0 Å². The lowest BCUT2D eigenvalue weighted by atomic mass is 9.98. The molecule has 0 atom stereocenters. The fraction of sp³-hybridized carbons (Fsp3) is 0.867. The number of hydrazone groups is 1. The predicted octanol–water partition coefficient (Wildman–Crippen LogP) is 4.19. The first-order valence-corrected chi connectivity index (χ1v) is 8.13. The number of aliphatic hydroxyl groups is 1. The van der Waals surface area contributed by atoms with E-state index in [1.807, 2.05) is 6.92 Å². The summed E-state index contributed by atoms with van der Waals surface area (Å²) >= 11 is 4.37. The molecule has 2 aliphatic rings. The molecule has 112 valence electrons. The first-order valence-electron chi connectivity index (χ1n) is 7.66. The highest BCUT2D eigenvalue weighted by Crippen LogP contribution is 2.16. The minimum atomic E-state index is 0.0359. The van der Waals surface area contributed by atoms with Crippen LogP contribution in [-0.4, -0.2) is 22.9 Å². The van der Waals surface area contributed by atoms with E-state index in [0.717, 1.165) is 12.8 Å². The van der Waals surface area contributed by atoms with Crippen LogP contribution in [0.5, 0.6) is 0 Å². The summed E-state index contributed by atoms with van der Waals surface area (Å²) in [7, 11) is 0. The fourth-order valence-corrected chi connectivity index (χ4v) is 2.31. The maximum atomic E-state index is 8.91. The second-order valence-corrected chi connectivity index (χ2v) is 5.28. The Morgan fingerprint density at radius 3 is 1.58 bits per heavy atom. The molecule has 0 amide bonds. The normalized spacial score (nSPS) is 19.7. The van der Waals surface area contributed by atoms with Gasteiger partial charge in [-0.25, -0.2) is 0 Å². The highest BCUT2D eigenvalue weighted by molar-refractivity contribution is 7.78. The summed E-state index contributed by atoms with van der Waals surface area (Å²) in [6.07, 6.45) is 16.6. The lowest BCUT2D eigenvalue weighted by Crippen LogP contribution is -2.09. The molecule has 0 aromatic heterocycles. The first kappa shape index (κ1) is 18.5. The van der Waals surface area contributed by atoms with E-state index in [2.05, 4.69) is 22.7 Å². The fourth-order valence-electron chi connectivity index (χ4n) is 2.25. The van der Waals surface area contributed by atoms with Crippen LogP contribution in [0.25, 0.3) is 0 Å². The third-order valence-electron chi connectivity index (χ3n) is 3.33. The Hall–Kier alpha value is -0.480. The summed E-state index contributed by atoms with van der Waals surface area (Å²) in [5, 5.41) is 12.5. The lowest BCUT2D eigenvalue weighted by molar-refractivity contribution is 0.130. The molecule has 2 aliphatic carbocycles. The number of thiocarbonyl (C=S) groups is 1. The number of aliphatic hydroxyl groups excluding tert-OH is 1. The van der Waals surface area contributed by atoms with Crippen molar-refractivity contribution in [2.45, 2.75) is 83.7 Å². The van der Waals surface area contributed by atoms with Crippen molar-refractivity contribution in [3.05, 3.63) is 0 Å². The maximum absolute atomic E-state index is 8.91. The van der Waals surface area contributed by atoms with Gasteiger partial charge in [-0.3, -0.25) is 5.43 Å². The molecular formula is C15H30N2OS. The van der Waals surface area contributed by atoms with E-state index in [0.29, 0.717) is 0 Å². The van der Waals surface area contributed by atoms with E-state index in [9.17, 15) is 0 Å². The van der Waals surface area contributed by atoms with Gasteiger partial charge in [0.05, 0.1) is 11.6 Å². The quantitative estimate of drug-likeness (QED) is 0.454. The average molecular weight is 286 g/mol. The molecule has 0 spiro atoms. The van der Waals surface area contributed by atoms with Crippen molar-refractivity contribution in [3.8, 4) is 0 Å². The van der Waals surface area contributed by atoms with E-state index in [4.69, 9.17) is 5.11 Å². The monoisotopic (exact) mass is 286 g/mol. The van der Waals surface area contributed by atoms with Crippen molar-refractivity contribution in [2.75, 3.05) is 0 Å². The molecule has 0 aromatic rings. The summed E-state index contributed by atoms with van der Waals surface area (Å²) in [4.78, 5) is 0. The van der Waals surface area contributed by atoms with E-state index < -0.39 is 0 Å². The molecular weight excluding hydrogens is 256 g/mol. The molecule has 0 radical (unpaired) electrons. The van der Waals surface area contributed by atoms with Crippen LogP contribution in [0.3, 0.4) is 0 Å². The number of hydrogen-bond donors (Lipinski definition) is 2. The van der Waals surface area contributed by atoms with Crippen LogP contribution in [0, 0.1) is 0 Å². The molecule has 0 unspecified atom stereocenters. The van der Waals surface area contributed by atoms with Gasteiger partial charge in [0.2, 0.25) is 0 Å². The van der Waals surface area contributed by atoms with Gasteiger partial charge in [-0.15, -0.1) is 0 Å². The summed E-state index contributed by atoms with van der Waals surface area (Å²) in [5.41, 5.74) is 3.80. The highest BCUT2D eigenvalue weighted by Gasteiger charge is 2.07. The zero-order valence-corrected chi connectivity index (χ0v) is 13.1. The van der Waals surface area contributed by atoms with Crippen LogP contribution < -0.4 is 5.43 Å². The van der Waals surface area contributed by atoms with Gasteiger partial charge < -0.3 is 5.11 Å². The van der Waals surface area contributed by atoms with Crippen molar-refractivity contribution in [1.82, 2.24) is 5.43 Å². The number of nitrogens with one attached hydrogen (secondary N) is 1. The van der Waals surface area contributed by atoms with Crippen molar-refractivity contribution >= 4 is 23.9 Å². The Morgan fingerprint density at radius 2 is 1.37 bits per heavy atom. The van der Waals surface area contributed by atoms with Gasteiger partial charge in [0.1, 0.15) is 0 Å². The van der Waals surface area contributed by atoms with Gasteiger partial charge >= 0.3 is 0 Å². The van der Waals surface area contributed by atoms with Gasteiger partial charge in [0.15, 0.2) is 0 Å². The SMILES string of the molecule is C/C=N\NC=S.C1CCCCC1.OC1CCCCC1. The van der Waals surface area contributed by atoms with Crippen LogP contribution in [0.15, 0.2) is 5.10 Å². The Morgan fingerprint density at radius 1 is 0.947 bits per heavy atom. The van der Waals surface area contributed by atoms with Crippen LogP contribution >= 0.6 is 12.2 Å². The number of hydrogen-bond acceptors (Lipinski definition) is 3. The van der Waals surface area contributed by atoms with Crippen molar-refractivity contribution in [3.63, 3.8) is 0 Å². The van der Waals surface area contributed by atoms with E-state index >= 15 is 0 Å². The molecule has 19 heavy (non-hydrogen) atoms. The molecule has 2 N–H and O–H groups in total. The molecule has 0 aromatic carbocycles. The Balaban J connectivity index is 0.000000257. The Kier molecular flexibility index (Phi) is 15.2. The average Bonchev–Trinajstić information content (AvgIpc) is 2.49. The maximum Gasteiger partial charge on any atom is 0.0829 e. The van der Waals surface area contributed by atoms with Crippen molar-refractivity contribution < 1.29 is 5.11 Å². The van der Waals surface area contributed by atoms with Gasteiger partial charge in [-0.05, 0) is 19.8 Å². The molecule has 2 saturated carbocycles. The second kappa shape index (κ2) is 15.6. The molecule has 4 heteroatoms. The summed E-state index contributed by atoms with van der Waals surface area (Å²) in [6, 6.07) is 0. The Bertz CT molecular complexity index is 201. The third-order valence-corrected chi connectivity index (χ3v) is 3.44. The van der Waals surface area contributed by atoms with Gasteiger partial charge in [0.25, 0.3) is 0 Å². The summed E-state index contributed by atoms with van der Waals surface area (Å²) in [6.45, 7) is 1.81. The standard InChI is InChI=1S/C6H12O.C6H12.C3H6N2S/c7-6-4-2-1-3-5-6;1-2-4-6-5-3-1;1-2-4-5-3-6/h6-7H,1-5H2;1-6H2;2-3H,1H3,(H,5,6)/b;;4-2-. The topological polar surface area (TPSA) is 44.6 Å². The van der Waals surface area contributed by atoms with Crippen LogP contribution in [0.1, 0.15) is 77.6 Å². The van der Waals surface area contributed by atoms with Crippen LogP contribution in [0.4, 0.5) is 0 Å². The third kappa shape index (κ3) is 15.5. The zero-order valence-electron chi connectivity index (χ0n) is 12.3. The molecule has 0 saturated heterocycles. The first-order chi connectivity index (χ1) is 9.31. The van der Waals surface area contributed by atoms with E-state index in [-0.39, 0.29) is 6.10 Å². The zero-order chi connectivity index (χ0) is 14.2. The number of rotatable bonds is 2. The number of nitrogens with zero attached hydrogens (tertiary/aromatic N) is 1. The van der Waals surface area contributed by atoms with Crippen LogP contribution in [-0.2, 0) is 0 Å². The van der Waals surface area contributed by atoms with Gasteiger partial charge in [0, 0.05) is 6.21 Å². The van der Waals surface area contributed by atoms with Gasteiger partial charge in [-0.1, -0.05) is 70.0 Å². The van der Waals surface area contributed by atoms with E-state index in [1.54, 1.807) is 6.21 Å². The highest BCUT2D eigenvalue weighted by atomic mass is 32.1. The van der Waals surface area contributed by atoms with Gasteiger partial charge in [-0.2, -0.15) is 5.10 Å². The predicted molar refractivity (Wildman–Crippen MR) is 87.8 cm³/mol.